The molecule has 0 saturated carbocycles. The summed E-state index contributed by atoms with van der Waals surface area (Å²) in [6.07, 6.45) is 1.18. The number of rotatable bonds is 8. The second-order valence-electron chi connectivity index (χ2n) is 8.40. The van der Waals surface area contributed by atoms with Gasteiger partial charge in [0.15, 0.2) is 0 Å². The topological polar surface area (TPSA) is 92.9 Å². The number of hydrogen-bond acceptors (Lipinski definition) is 5. The zero-order valence-corrected chi connectivity index (χ0v) is 21.2. The van der Waals surface area contributed by atoms with Crippen molar-refractivity contribution in [3.05, 3.63) is 82.4 Å². The van der Waals surface area contributed by atoms with Crippen LogP contribution < -0.4 is 5.84 Å². The lowest BCUT2D eigenvalue weighted by atomic mass is 9.89. The minimum absolute atomic E-state index is 0.242. The maximum Gasteiger partial charge on any atom is 0.266 e. The largest absolute Gasteiger partial charge is 0.358 e. The molecule has 1 unspecified atom stereocenters. The fourth-order valence-electron chi connectivity index (χ4n) is 4.32. The maximum absolute atomic E-state index is 13.8. The van der Waals surface area contributed by atoms with Crippen LogP contribution in [-0.2, 0) is 19.1 Å². The standard InChI is InChI=1S/C26H29Cl2N3O4/c1-4-7-21(25(33)31(29)16(3)32)30-23(17-11-13-19(27)14-12-17)24(18-9-6-10-20(28)15-18)35-22(8-5-2)26(30)34/h5-6,9-15,21-24H,2,4,7-8,29H2,1,3H3/t21?,22-,23+,24-/m1/s1. The van der Waals surface area contributed by atoms with Crippen LogP contribution in [0.1, 0.15) is 56.4 Å². The first-order valence-corrected chi connectivity index (χ1v) is 12.1. The van der Waals surface area contributed by atoms with Crippen molar-refractivity contribution < 1.29 is 19.1 Å². The molecule has 3 amide bonds. The highest BCUT2D eigenvalue weighted by Gasteiger charge is 2.48. The number of hydrogen-bond donors (Lipinski definition) is 1. The van der Waals surface area contributed by atoms with E-state index in [4.69, 9.17) is 33.8 Å². The molecule has 2 aromatic rings. The molecule has 0 radical (unpaired) electrons. The molecule has 4 atom stereocenters. The van der Waals surface area contributed by atoms with E-state index in [1.807, 2.05) is 13.0 Å². The van der Waals surface area contributed by atoms with Gasteiger partial charge in [-0.3, -0.25) is 14.4 Å². The van der Waals surface area contributed by atoms with Crippen LogP contribution in [0.2, 0.25) is 10.0 Å². The Morgan fingerprint density at radius 2 is 1.86 bits per heavy atom. The van der Waals surface area contributed by atoms with E-state index in [-0.39, 0.29) is 12.3 Å². The number of imide groups is 1. The molecule has 2 N–H and O–H groups in total. The molecular weight excluding hydrogens is 489 g/mol. The van der Waals surface area contributed by atoms with Crippen LogP contribution in [-0.4, -0.2) is 39.8 Å². The van der Waals surface area contributed by atoms with Gasteiger partial charge in [0, 0.05) is 23.4 Å². The molecule has 2 aromatic carbocycles. The van der Waals surface area contributed by atoms with Crippen molar-refractivity contribution in [2.24, 2.45) is 5.84 Å². The Morgan fingerprint density at radius 3 is 2.43 bits per heavy atom. The lowest BCUT2D eigenvalue weighted by molar-refractivity contribution is -0.183. The highest BCUT2D eigenvalue weighted by Crippen LogP contribution is 2.45. The smallest absolute Gasteiger partial charge is 0.266 e. The summed E-state index contributed by atoms with van der Waals surface area (Å²) in [5.74, 6) is 4.16. The third kappa shape index (κ3) is 5.93. The molecule has 1 aliphatic rings. The molecule has 7 nitrogen and oxygen atoms in total. The molecule has 0 bridgehead atoms. The second-order valence-corrected chi connectivity index (χ2v) is 9.27. The van der Waals surface area contributed by atoms with Crippen molar-refractivity contribution in [1.82, 2.24) is 9.91 Å². The van der Waals surface area contributed by atoms with Gasteiger partial charge in [0.2, 0.25) is 5.91 Å². The summed E-state index contributed by atoms with van der Waals surface area (Å²) in [6.45, 7) is 6.85. The maximum atomic E-state index is 13.8. The number of nitrogens with two attached hydrogens (primary N) is 1. The lowest BCUT2D eigenvalue weighted by Gasteiger charge is -2.48. The molecule has 0 aliphatic carbocycles. The van der Waals surface area contributed by atoms with E-state index in [0.29, 0.717) is 33.5 Å². The number of benzene rings is 2. The summed E-state index contributed by atoms with van der Waals surface area (Å²) in [5, 5.41) is 1.60. The summed E-state index contributed by atoms with van der Waals surface area (Å²) < 4.78 is 6.35. The molecule has 1 aliphatic heterocycles. The zero-order chi connectivity index (χ0) is 25.7. The van der Waals surface area contributed by atoms with Crippen LogP contribution in [0.25, 0.3) is 0 Å². The average Bonchev–Trinajstić information content (AvgIpc) is 2.83. The number of amides is 3. The molecule has 1 saturated heterocycles. The number of hydrazine groups is 1. The van der Waals surface area contributed by atoms with Gasteiger partial charge in [0.25, 0.3) is 11.8 Å². The van der Waals surface area contributed by atoms with Crippen molar-refractivity contribution >= 4 is 40.9 Å². The Morgan fingerprint density at radius 1 is 1.17 bits per heavy atom. The van der Waals surface area contributed by atoms with Gasteiger partial charge in [-0.05, 0) is 41.8 Å². The number of ether oxygens (including phenoxy) is 1. The van der Waals surface area contributed by atoms with Crippen LogP contribution in [0.3, 0.4) is 0 Å². The zero-order valence-electron chi connectivity index (χ0n) is 19.7. The third-order valence-corrected chi connectivity index (χ3v) is 6.44. The number of carbonyl (C=O) groups is 3. The van der Waals surface area contributed by atoms with Gasteiger partial charge in [-0.2, -0.15) is 0 Å². The van der Waals surface area contributed by atoms with E-state index in [9.17, 15) is 14.4 Å². The summed E-state index contributed by atoms with van der Waals surface area (Å²) in [4.78, 5) is 40.7. The van der Waals surface area contributed by atoms with Crippen LogP contribution in [0.15, 0.2) is 61.2 Å². The first-order chi connectivity index (χ1) is 16.7. The van der Waals surface area contributed by atoms with Crippen LogP contribution in [0.4, 0.5) is 0 Å². The van der Waals surface area contributed by atoms with E-state index >= 15 is 0 Å². The SMILES string of the molecule is C=CC[C@H]1O[C@H](c2cccc(Cl)c2)[C@H](c2ccc(Cl)cc2)N(C(CCC)C(=O)N(N)C(C)=O)C1=O. The van der Waals surface area contributed by atoms with E-state index in [2.05, 4.69) is 6.58 Å². The fraction of sp³-hybridized carbons (Fsp3) is 0.346. The van der Waals surface area contributed by atoms with Crippen LogP contribution in [0.5, 0.6) is 0 Å². The van der Waals surface area contributed by atoms with Crippen LogP contribution >= 0.6 is 23.2 Å². The van der Waals surface area contributed by atoms with Crippen molar-refractivity contribution in [2.75, 3.05) is 0 Å². The summed E-state index contributed by atoms with van der Waals surface area (Å²) in [6, 6.07) is 12.5. The van der Waals surface area contributed by atoms with Gasteiger partial charge in [-0.15, -0.1) is 6.58 Å². The number of nitrogens with zero attached hydrogens (tertiary/aromatic N) is 2. The van der Waals surface area contributed by atoms with Gasteiger partial charge < -0.3 is 9.64 Å². The minimum Gasteiger partial charge on any atom is -0.358 e. The minimum atomic E-state index is -0.986. The lowest BCUT2D eigenvalue weighted by Crippen LogP contribution is -2.60. The number of morpholine rings is 1. The average molecular weight is 518 g/mol. The van der Waals surface area contributed by atoms with E-state index < -0.39 is 36.1 Å². The highest BCUT2D eigenvalue weighted by atomic mass is 35.5. The van der Waals surface area contributed by atoms with E-state index in [0.717, 1.165) is 5.56 Å². The molecule has 35 heavy (non-hydrogen) atoms. The van der Waals surface area contributed by atoms with Crippen molar-refractivity contribution in [3.8, 4) is 0 Å². The number of carbonyl (C=O) groups excluding carboxylic acids is 3. The van der Waals surface area contributed by atoms with Gasteiger partial charge in [0.1, 0.15) is 18.2 Å². The first kappa shape index (κ1) is 26.9. The number of halogens is 2. The predicted molar refractivity (Wildman–Crippen MR) is 135 cm³/mol. The van der Waals surface area contributed by atoms with Crippen molar-refractivity contribution in [1.29, 1.82) is 0 Å². The quantitative estimate of drug-likeness (QED) is 0.230. The summed E-state index contributed by atoms with van der Waals surface area (Å²) in [7, 11) is 0. The Kier molecular flexibility index (Phi) is 9.08. The molecule has 1 fully saturated rings. The molecule has 9 heteroatoms. The van der Waals surface area contributed by atoms with Gasteiger partial charge in [-0.25, -0.2) is 10.9 Å². The summed E-state index contributed by atoms with van der Waals surface area (Å²) >= 11 is 12.4. The molecule has 1 heterocycles. The first-order valence-electron chi connectivity index (χ1n) is 11.4. The molecule has 3 rings (SSSR count). The molecular formula is C26H29Cl2N3O4. The fourth-order valence-corrected chi connectivity index (χ4v) is 4.65. The van der Waals surface area contributed by atoms with Crippen LogP contribution in [0, 0.1) is 0 Å². The van der Waals surface area contributed by atoms with E-state index in [1.54, 1.807) is 48.5 Å². The van der Waals surface area contributed by atoms with Gasteiger partial charge in [-0.1, -0.05) is 66.9 Å². The Labute approximate surface area is 215 Å². The molecule has 186 valence electrons. The van der Waals surface area contributed by atoms with Gasteiger partial charge >= 0.3 is 0 Å². The Balaban J connectivity index is 2.23. The summed E-state index contributed by atoms with van der Waals surface area (Å²) in [5.41, 5.74) is 1.45. The predicted octanol–water partition coefficient (Wildman–Crippen LogP) is 5.00. The monoisotopic (exact) mass is 517 g/mol. The highest BCUT2D eigenvalue weighted by molar-refractivity contribution is 6.30. The second kappa shape index (κ2) is 11.8. The van der Waals surface area contributed by atoms with Crippen molar-refractivity contribution in [3.63, 3.8) is 0 Å². The molecule has 0 aromatic heterocycles. The third-order valence-electron chi connectivity index (χ3n) is 5.96. The van der Waals surface area contributed by atoms with Gasteiger partial charge in [0.05, 0.1) is 6.04 Å². The molecule has 0 spiro atoms. The van der Waals surface area contributed by atoms with Crippen molar-refractivity contribution in [2.45, 2.75) is 57.4 Å². The normalized spacial score (nSPS) is 20.9. The van der Waals surface area contributed by atoms with E-state index in [1.165, 1.54) is 11.8 Å². The Bertz CT molecular complexity index is 1090. The Hall–Kier alpha value is -2.71.